The molecule has 0 aromatic carbocycles. The summed E-state index contributed by atoms with van der Waals surface area (Å²) in [5.41, 5.74) is 5.69. The van der Waals surface area contributed by atoms with Crippen molar-refractivity contribution in [1.82, 2.24) is 5.32 Å². The zero-order valence-electron chi connectivity index (χ0n) is 10.7. The lowest BCUT2D eigenvalue weighted by molar-refractivity contribution is -0.157. The molecular formula is C12H16N2O4S. The van der Waals surface area contributed by atoms with E-state index < -0.39 is 24.0 Å². The third-order valence-corrected chi connectivity index (χ3v) is 3.03. The molecule has 0 aliphatic carbocycles. The molecule has 1 heterocycles. The van der Waals surface area contributed by atoms with Crippen LogP contribution in [0.15, 0.2) is 16.8 Å². The first-order valence-corrected chi connectivity index (χ1v) is 6.65. The highest BCUT2D eigenvalue weighted by atomic mass is 32.1. The Labute approximate surface area is 114 Å². The van der Waals surface area contributed by atoms with E-state index in [1.54, 1.807) is 19.9 Å². The third kappa shape index (κ3) is 5.09. The lowest BCUT2D eigenvalue weighted by atomic mass is 10.1. The summed E-state index contributed by atoms with van der Waals surface area (Å²) in [6.07, 6.45) is -0.935. The van der Waals surface area contributed by atoms with Crippen molar-refractivity contribution in [2.24, 2.45) is 11.7 Å². The summed E-state index contributed by atoms with van der Waals surface area (Å²) in [5, 5.41) is 5.59. The van der Waals surface area contributed by atoms with E-state index in [4.69, 9.17) is 10.5 Å². The molecule has 0 saturated heterocycles. The quantitative estimate of drug-likeness (QED) is 0.790. The van der Waals surface area contributed by atoms with Gasteiger partial charge in [0.05, 0.1) is 6.42 Å². The van der Waals surface area contributed by atoms with Gasteiger partial charge in [0.25, 0.3) is 5.91 Å². The predicted octanol–water partition coefficient (Wildman–Crippen LogP) is 1.05. The molecule has 0 spiro atoms. The molecule has 1 aromatic rings. The number of imide groups is 1. The molecular weight excluding hydrogens is 268 g/mol. The zero-order chi connectivity index (χ0) is 14.4. The van der Waals surface area contributed by atoms with Gasteiger partial charge in [-0.1, -0.05) is 13.8 Å². The van der Waals surface area contributed by atoms with E-state index >= 15 is 0 Å². The summed E-state index contributed by atoms with van der Waals surface area (Å²) in [4.78, 5) is 34.0. The number of thiophene rings is 1. The van der Waals surface area contributed by atoms with E-state index in [1.165, 1.54) is 11.3 Å². The highest BCUT2D eigenvalue weighted by Crippen LogP contribution is 2.11. The molecule has 0 radical (unpaired) electrons. The van der Waals surface area contributed by atoms with Gasteiger partial charge >= 0.3 is 12.0 Å². The second kappa shape index (κ2) is 6.89. The largest absolute Gasteiger partial charge is 0.452 e. The molecule has 3 N–H and O–H groups in total. The summed E-state index contributed by atoms with van der Waals surface area (Å²) in [5.74, 6) is -1.48. The molecule has 3 amide bonds. The Kier molecular flexibility index (Phi) is 5.50. The molecule has 1 atom stereocenters. The van der Waals surface area contributed by atoms with Gasteiger partial charge < -0.3 is 10.5 Å². The van der Waals surface area contributed by atoms with E-state index in [1.807, 2.05) is 16.1 Å². The normalized spacial score (nSPS) is 11.9. The molecule has 0 bridgehead atoms. The molecule has 1 rings (SSSR count). The van der Waals surface area contributed by atoms with Crippen molar-refractivity contribution in [1.29, 1.82) is 0 Å². The smallest absolute Gasteiger partial charge is 0.318 e. The van der Waals surface area contributed by atoms with Gasteiger partial charge in [-0.3, -0.25) is 14.9 Å². The van der Waals surface area contributed by atoms with Gasteiger partial charge in [-0.2, -0.15) is 11.3 Å². The maximum Gasteiger partial charge on any atom is 0.318 e. The van der Waals surface area contributed by atoms with E-state index in [2.05, 4.69) is 0 Å². The number of hydrogen-bond donors (Lipinski definition) is 2. The first kappa shape index (κ1) is 15.2. The van der Waals surface area contributed by atoms with Crippen LogP contribution in [0.4, 0.5) is 4.79 Å². The minimum atomic E-state index is -1.03. The molecule has 7 heteroatoms. The molecule has 1 aromatic heterocycles. The number of esters is 1. The van der Waals surface area contributed by atoms with Crippen molar-refractivity contribution in [3.8, 4) is 0 Å². The predicted molar refractivity (Wildman–Crippen MR) is 70.5 cm³/mol. The minimum Gasteiger partial charge on any atom is -0.452 e. The fraction of sp³-hybridized carbons (Fsp3) is 0.417. The maximum absolute atomic E-state index is 11.7. The fourth-order valence-electron chi connectivity index (χ4n) is 1.43. The molecule has 6 nitrogen and oxygen atoms in total. The van der Waals surface area contributed by atoms with Crippen molar-refractivity contribution >= 4 is 29.2 Å². The van der Waals surface area contributed by atoms with Crippen molar-refractivity contribution in [2.75, 3.05) is 0 Å². The van der Waals surface area contributed by atoms with Gasteiger partial charge in [-0.25, -0.2) is 4.79 Å². The number of amides is 3. The molecule has 104 valence electrons. The zero-order valence-corrected chi connectivity index (χ0v) is 11.5. The fourth-order valence-corrected chi connectivity index (χ4v) is 2.10. The summed E-state index contributed by atoms with van der Waals surface area (Å²) in [6.45, 7) is 3.42. The van der Waals surface area contributed by atoms with Crippen LogP contribution in [0.1, 0.15) is 19.4 Å². The Morgan fingerprint density at radius 2 is 2.11 bits per heavy atom. The van der Waals surface area contributed by atoms with Crippen molar-refractivity contribution in [3.05, 3.63) is 22.4 Å². The standard InChI is InChI=1S/C12H16N2O4S/c1-7(2)10(11(16)14-12(13)17)18-9(15)5-8-3-4-19-6-8/h3-4,6-7,10H,5H2,1-2H3,(H3,13,14,16,17)/t10-/m1/s1. The minimum absolute atomic E-state index is 0.0938. The van der Waals surface area contributed by atoms with Gasteiger partial charge in [0.2, 0.25) is 0 Å². The van der Waals surface area contributed by atoms with E-state index in [9.17, 15) is 14.4 Å². The lowest BCUT2D eigenvalue weighted by Gasteiger charge is -2.19. The van der Waals surface area contributed by atoms with Crippen LogP contribution in [0.3, 0.4) is 0 Å². The van der Waals surface area contributed by atoms with Crippen LogP contribution in [0.5, 0.6) is 0 Å². The van der Waals surface area contributed by atoms with Crippen LogP contribution in [-0.4, -0.2) is 24.0 Å². The van der Waals surface area contributed by atoms with Gasteiger partial charge in [-0.05, 0) is 28.3 Å². The van der Waals surface area contributed by atoms with Gasteiger partial charge in [0.15, 0.2) is 6.10 Å². The Morgan fingerprint density at radius 3 is 2.58 bits per heavy atom. The van der Waals surface area contributed by atoms with E-state index in [0.29, 0.717) is 0 Å². The Morgan fingerprint density at radius 1 is 1.42 bits per heavy atom. The van der Waals surface area contributed by atoms with Gasteiger partial charge in [0.1, 0.15) is 0 Å². The summed E-state index contributed by atoms with van der Waals surface area (Å²) in [6, 6.07) is 0.837. The highest BCUT2D eigenvalue weighted by molar-refractivity contribution is 7.07. The molecule has 0 fully saturated rings. The number of nitrogens with two attached hydrogens (primary N) is 1. The lowest BCUT2D eigenvalue weighted by Crippen LogP contribution is -2.45. The second-order valence-corrected chi connectivity index (χ2v) is 5.10. The number of ether oxygens (including phenoxy) is 1. The van der Waals surface area contributed by atoms with Crippen molar-refractivity contribution in [3.63, 3.8) is 0 Å². The average molecular weight is 284 g/mol. The van der Waals surface area contributed by atoms with Gasteiger partial charge in [-0.15, -0.1) is 0 Å². The van der Waals surface area contributed by atoms with Gasteiger partial charge in [0, 0.05) is 0 Å². The first-order valence-electron chi connectivity index (χ1n) is 5.71. The highest BCUT2D eigenvalue weighted by Gasteiger charge is 2.27. The van der Waals surface area contributed by atoms with Crippen molar-refractivity contribution in [2.45, 2.75) is 26.4 Å². The molecule has 0 saturated carbocycles. The average Bonchev–Trinajstić information content (AvgIpc) is 2.77. The van der Waals surface area contributed by atoms with Crippen LogP contribution in [0.2, 0.25) is 0 Å². The second-order valence-electron chi connectivity index (χ2n) is 4.32. The number of hydrogen-bond acceptors (Lipinski definition) is 5. The number of urea groups is 1. The molecule has 0 unspecified atom stereocenters. The number of nitrogens with one attached hydrogen (secondary N) is 1. The van der Waals surface area contributed by atoms with Crippen LogP contribution < -0.4 is 11.1 Å². The Bertz CT molecular complexity index is 456. The van der Waals surface area contributed by atoms with Crippen LogP contribution in [-0.2, 0) is 20.7 Å². The summed E-state index contributed by atoms with van der Waals surface area (Å²) >= 11 is 1.47. The third-order valence-electron chi connectivity index (χ3n) is 2.30. The molecule has 0 aliphatic heterocycles. The number of primary amides is 1. The van der Waals surface area contributed by atoms with E-state index in [0.717, 1.165) is 5.56 Å². The number of carbonyl (C=O) groups is 3. The van der Waals surface area contributed by atoms with Crippen LogP contribution in [0, 0.1) is 5.92 Å². The van der Waals surface area contributed by atoms with Crippen LogP contribution in [0.25, 0.3) is 0 Å². The number of rotatable bonds is 5. The summed E-state index contributed by atoms with van der Waals surface area (Å²) < 4.78 is 5.09. The van der Waals surface area contributed by atoms with E-state index in [-0.39, 0.29) is 12.3 Å². The Balaban J connectivity index is 2.60. The maximum atomic E-state index is 11.7. The number of carbonyl (C=O) groups excluding carboxylic acids is 3. The first-order chi connectivity index (χ1) is 8.90. The van der Waals surface area contributed by atoms with Crippen molar-refractivity contribution < 1.29 is 19.1 Å². The van der Waals surface area contributed by atoms with Crippen LogP contribution >= 0.6 is 11.3 Å². The topological polar surface area (TPSA) is 98.5 Å². The SMILES string of the molecule is CC(C)[C@@H](OC(=O)Cc1ccsc1)C(=O)NC(N)=O. The summed E-state index contributed by atoms with van der Waals surface area (Å²) in [7, 11) is 0. The monoisotopic (exact) mass is 284 g/mol. The molecule has 19 heavy (non-hydrogen) atoms. The Hall–Kier alpha value is -1.89. The molecule has 0 aliphatic rings.